The lowest BCUT2D eigenvalue weighted by Gasteiger charge is -2.36. The van der Waals surface area contributed by atoms with Gasteiger partial charge in [0.15, 0.2) is 5.69 Å². The number of nitrogens with zero attached hydrogens (tertiary/aromatic N) is 6. The van der Waals surface area contributed by atoms with E-state index in [4.69, 9.17) is 4.74 Å². The number of hydrogen-bond acceptors (Lipinski definition) is 6. The number of amides is 1. The van der Waals surface area contributed by atoms with Crippen molar-refractivity contribution < 1.29 is 9.53 Å². The van der Waals surface area contributed by atoms with Gasteiger partial charge in [0.25, 0.3) is 5.91 Å². The molecule has 0 atom stereocenters. The Morgan fingerprint density at radius 3 is 2.46 bits per heavy atom. The number of carbonyl (C=O) groups excluding carboxylic acids is 1. The van der Waals surface area contributed by atoms with Crippen LogP contribution in [0, 0.1) is 13.8 Å². The van der Waals surface area contributed by atoms with Gasteiger partial charge in [0.05, 0.1) is 12.8 Å². The van der Waals surface area contributed by atoms with E-state index >= 15 is 0 Å². The Labute approximate surface area is 204 Å². The summed E-state index contributed by atoms with van der Waals surface area (Å²) in [5, 5.41) is 8.72. The van der Waals surface area contributed by atoms with E-state index in [9.17, 15) is 4.79 Å². The van der Waals surface area contributed by atoms with Crippen molar-refractivity contribution in [1.82, 2.24) is 24.9 Å². The third-order valence-corrected chi connectivity index (χ3v) is 6.40. The highest BCUT2D eigenvalue weighted by atomic mass is 16.5. The second kappa shape index (κ2) is 9.58. The van der Waals surface area contributed by atoms with Crippen LogP contribution in [0.15, 0.2) is 67.0 Å². The number of benzene rings is 2. The largest absolute Gasteiger partial charge is 0.497 e. The third kappa shape index (κ3) is 4.47. The maximum Gasteiger partial charge on any atom is 0.276 e. The fourth-order valence-corrected chi connectivity index (χ4v) is 4.48. The summed E-state index contributed by atoms with van der Waals surface area (Å²) >= 11 is 0. The van der Waals surface area contributed by atoms with Crippen molar-refractivity contribution in [3.8, 4) is 22.7 Å². The molecule has 1 amide bonds. The second-order valence-electron chi connectivity index (χ2n) is 8.71. The lowest BCUT2D eigenvalue weighted by Crippen LogP contribution is -2.49. The normalized spacial score (nSPS) is 13.7. The lowest BCUT2D eigenvalue weighted by atomic mass is 10.1. The molecule has 1 saturated heterocycles. The van der Waals surface area contributed by atoms with Crippen LogP contribution in [0.25, 0.3) is 16.9 Å². The molecule has 4 aromatic rings. The number of ether oxygens (including phenoxy) is 1. The number of piperazine rings is 1. The van der Waals surface area contributed by atoms with Gasteiger partial charge in [0.2, 0.25) is 0 Å². The van der Waals surface area contributed by atoms with Crippen molar-refractivity contribution in [2.24, 2.45) is 0 Å². The van der Waals surface area contributed by atoms with Crippen LogP contribution in [-0.4, -0.2) is 64.1 Å². The highest BCUT2D eigenvalue weighted by Gasteiger charge is 2.29. The van der Waals surface area contributed by atoms with E-state index in [-0.39, 0.29) is 5.91 Å². The standard InChI is InChI=1S/C27H28N6O2/c1-19-7-8-20(2)24(17-19)31-13-15-32(16-14-31)27(34)25-26(21-9-11-28-12-10-21)33(30-29-25)22-5-4-6-23(18-22)35-3/h4-12,17-18H,13-16H2,1-3H3. The molecule has 1 aliphatic rings. The minimum atomic E-state index is -0.119. The first kappa shape index (κ1) is 22.6. The van der Waals surface area contributed by atoms with Crippen molar-refractivity contribution in [2.45, 2.75) is 13.8 Å². The number of hydrogen-bond donors (Lipinski definition) is 0. The van der Waals surface area contributed by atoms with Crippen molar-refractivity contribution in [1.29, 1.82) is 0 Å². The Morgan fingerprint density at radius 1 is 0.943 bits per heavy atom. The molecule has 2 aromatic heterocycles. The fourth-order valence-electron chi connectivity index (χ4n) is 4.48. The number of carbonyl (C=O) groups is 1. The Morgan fingerprint density at radius 2 is 1.71 bits per heavy atom. The molecule has 1 aliphatic heterocycles. The van der Waals surface area contributed by atoms with E-state index in [0.29, 0.717) is 30.2 Å². The number of anilines is 1. The number of methoxy groups -OCH3 is 1. The zero-order chi connectivity index (χ0) is 24.4. The van der Waals surface area contributed by atoms with Crippen LogP contribution in [0.2, 0.25) is 0 Å². The number of rotatable bonds is 5. The summed E-state index contributed by atoms with van der Waals surface area (Å²) in [6.45, 7) is 7.01. The van der Waals surface area contributed by atoms with E-state index in [1.807, 2.05) is 41.3 Å². The summed E-state index contributed by atoms with van der Waals surface area (Å²) in [4.78, 5) is 22.0. The summed E-state index contributed by atoms with van der Waals surface area (Å²) < 4.78 is 7.07. The molecule has 0 unspecified atom stereocenters. The molecule has 8 nitrogen and oxygen atoms in total. The van der Waals surface area contributed by atoms with Gasteiger partial charge in [-0.05, 0) is 55.3 Å². The van der Waals surface area contributed by atoms with Gasteiger partial charge in [0, 0.05) is 55.9 Å². The lowest BCUT2D eigenvalue weighted by molar-refractivity contribution is 0.0741. The Bertz CT molecular complexity index is 1340. The minimum Gasteiger partial charge on any atom is -0.497 e. The smallest absolute Gasteiger partial charge is 0.276 e. The predicted molar refractivity (Wildman–Crippen MR) is 135 cm³/mol. The minimum absolute atomic E-state index is 0.119. The highest BCUT2D eigenvalue weighted by molar-refractivity contribution is 5.98. The van der Waals surface area contributed by atoms with Gasteiger partial charge in [-0.2, -0.15) is 0 Å². The van der Waals surface area contributed by atoms with Crippen LogP contribution in [0.1, 0.15) is 21.6 Å². The molecule has 0 aliphatic carbocycles. The molecular formula is C27H28N6O2. The summed E-state index contributed by atoms with van der Waals surface area (Å²) in [5.74, 6) is 0.584. The van der Waals surface area contributed by atoms with Crippen LogP contribution in [0.4, 0.5) is 5.69 Å². The zero-order valence-corrected chi connectivity index (χ0v) is 20.2. The number of aryl methyl sites for hydroxylation is 2. The Balaban J connectivity index is 1.44. The Kier molecular flexibility index (Phi) is 6.18. The number of pyridine rings is 1. The van der Waals surface area contributed by atoms with Crippen LogP contribution < -0.4 is 9.64 Å². The molecule has 35 heavy (non-hydrogen) atoms. The van der Waals surface area contributed by atoms with E-state index in [0.717, 1.165) is 24.3 Å². The summed E-state index contributed by atoms with van der Waals surface area (Å²) in [6, 6.07) is 17.8. The maximum absolute atomic E-state index is 13.7. The molecule has 0 radical (unpaired) electrons. The third-order valence-electron chi connectivity index (χ3n) is 6.40. The quantitative estimate of drug-likeness (QED) is 0.442. The average molecular weight is 469 g/mol. The van der Waals surface area contributed by atoms with Crippen LogP contribution in [-0.2, 0) is 0 Å². The van der Waals surface area contributed by atoms with Crippen molar-refractivity contribution in [2.75, 3.05) is 38.2 Å². The molecule has 0 bridgehead atoms. The molecule has 0 saturated carbocycles. The van der Waals surface area contributed by atoms with E-state index in [1.54, 1.807) is 24.2 Å². The van der Waals surface area contributed by atoms with Gasteiger partial charge in [-0.3, -0.25) is 9.78 Å². The predicted octanol–water partition coefficient (Wildman–Crippen LogP) is 3.92. The molecule has 3 heterocycles. The molecular weight excluding hydrogens is 440 g/mol. The van der Waals surface area contributed by atoms with Crippen molar-refractivity contribution >= 4 is 11.6 Å². The molecule has 1 fully saturated rings. The van der Waals surface area contributed by atoms with Gasteiger partial charge in [-0.15, -0.1) is 5.10 Å². The van der Waals surface area contributed by atoms with Gasteiger partial charge < -0.3 is 14.5 Å². The monoisotopic (exact) mass is 468 g/mol. The van der Waals surface area contributed by atoms with Crippen LogP contribution in [0.3, 0.4) is 0 Å². The van der Waals surface area contributed by atoms with Crippen molar-refractivity contribution in [3.05, 3.63) is 83.8 Å². The first-order chi connectivity index (χ1) is 17.0. The first-order valence-corrected chi connectivity index (χ1v) is 11.7. The topological polar surface area (TPSA) is 76.4 Å². The van der Waals surface area contributed by atoms with Crippen molar-refractivity contribution in [3.63, 3.8) is 0 Å². The van der Waals surface area contributed by atoms with E-state index in [2.05, 4.69) is 52.2 Å². The zero-order valence-electron chi connectivity index (χ0n) is 20.2. The number of aromatic nitrogens is 4. The summed E-state index contributed by atoms with van der Waals surface area (Å²) in [6.07, 6.45) is 3.41. The SMILES string of the molecule is COc1cccc(-n2nnc(C(=O)N3CCN(c4cc(C)ccc4C)CC3)c2-c2ccncc2)c1. The van der Waals surface area contributed by atoms with Gasteiger partial charge >= 0.3 is 0 Å². The maximum atomic E-state index is 13.7. The molecule has 0 N–H and O–H groups in total. The molecule has 178 valence electrons. The Hall–Kier alpha value is -4.20. The van der Waals surface area contributed by atoms with Crippen LogP contribution in [0.5, 0.6) is 5.75 Å². The van der Waals surface area contributed by atoms with Crippen LogP contribution >= 0.6 is 0 Å². The molecule has 5 rings (SSSR count). The second-order valence-corrected chi connectivity index (χ2v) is 8.71. The van der Waals surface area contributed by atoms with Gasteiger partial charge in [-0.25, -0.2) is 4.68 Å². The van der Waals surface area contributed by atoms with E-state index < -0.39 is 0 Å². The molecule has 0 spiro atoms. The highest BCUT2D eigenvalue weighted by Crippen LogP contribution is 2.28. The molecule has 8 heteroatoms. The first-order valence-electron chi connectivity index (χ1n) is 11.7. The summed E-state index contributed by atoms with van der Waals surface area (Å²) in [5.41, 5.74) is 6.28. The molecule has 2 aromatic carbocycles. The van der Waals surface area contributed by atoms with Gasteiger partial charge in [0.1, 0.15) is 11.4 Å². The average Bonchev–Trinajstić information content (AvgIpc) is 3.35. The summed E-state index contributed by atoms with van der Waals surface area (Å²) in [7, 11) is 1.62. The van der Waals surface area contributed by atoms with Gasteiger partial charge in [-0.1, -0.05) is 23.4 Å². The fraction of sp³-hybridized carbons (Fsp3) is 0.259. The van der Waals surface area contributed by atoms with E-state index in [1.165, 1.54) is 16.8 Å².